The van der Waals surface area contributed by atoms with Crippen LogP contribution < -0.4 is 17.6 Å². The van der Waals surface area contributed by atoms with Gasteiger partial charge in [-0.25, -0.2) is 0 Å². The quantitative estimate of drug-likeness (QED) is 0.476. The van der Waals surface area contributed by atoms with Crippen molar-refractivity contribution in [2.45, 2.75) is 0 Å². The molecule has 0 spiro atoms. The number of benzene rings is 1. The van der Waals surface area contributed by atoms with Crippen molar-refractivity contribution >= 4 is 11.4 Å². The molecule has 1 aromatic rings. The molecule has 4 nitrogen and oxygen atoms in total. The minimum atomic E-state index is 0. The molecule has 0 atom stereocenters. The Balaban J connectivity index is 0.000001000. The van der Waals surface area contributed by atoms with Crippen molar-refractivity contribution in [3.8, 4) is 6.07 Å². The van der Waals surface area contributed by atoms with Crippen molar-refractivity contribution in [1.29, 1.82) is 5.26 Å². The normalized spacial score (nSPS) is 7.91. The Morgan fingerprint density at radius 2 is 1.82 bits per heavy atom. The molecule has 0 unspecified atom stereocenters. The zero-order valence-electron chi connectivity index (χ0n) is 6.04. The van der Waals surface area contributed by atoms with Gasteiger partial charge in [-0.3, -0.25) is 0 Å². The predicted octanol–water partition coefficient (Wildman–Crippen LogP) is 0.885. The minimum absolute atomic E-state index is 0. The highest BCUT2D eigenvalue weighted by Crippen LogP contribution is 2.14. The standard InChI is InChI=1S/C7H7N3.H3N/c8-4-5-1-2-6(9)7(10)3-5;/h1-3H,9-10H2;1H3. The summed E-state index contributed by atoms with van der Waals surface area (Å²) in [7, 11) is 0. The third-order valence-corrected chi connectivity index (χ3v) is 1.22. The van der Waals surface area contributed by atoms with Gasteiger partial charge in [0.2, 0.25) is 0 Å². The van der Waals surface area contributed by atoms with Gasteiger partial charge in [0.05, 0.1) is 23.0 Å². The fourth-order valence-corrected chi connectivity index (χ4v) is 0.644. The van der Waals surface area contributed by atoms with Gasteiger partial charge in [0.1, 0.15) is 0 Å². The summed E-state index contributed by atoms with van der Waals surface area (Å²) in [6.45, 7) is 0. The van der Waals surface area contributed by atoms with E-state index in [0.717, 1.165) is 0 Å². The molecule has 1 rings (SSSR count). The van der Waals surface area contributed by atoms with Crippen LogP contribution in [0.5, 0.6) is 0 Å². The van der Waals surface area contributed by atoms with Crippen molar-refractivity contribution in [2.24, 2.45) is 0 Å². The maximum Gasteiger partial charge on any atom is 0.0992 e. The van der Waals surface area contributed by atoms with Gasteiger partial charge >= 0.3 is 0 Å². The summed E-state index contributed by atoms with van der Waals surface area (Å²) in [5, 5.41) is 8.41. The molecule has 0 aliphatic heterocycles. The Morgan fingerprint density at radius 3 is 2.27 bits per heavy atom. The summed E-state index contributed by atoms with van der Waals surface area (Å²) in [6.07, 6.45) is 0. The van der Waals surface area contributed by atoms with E-state index in [4.69, 9.17) is 16.7 Å². The fraction of sp³-hybridized carbons (Fsp3) is 0. The van der Waals surface area contributed by atoms with E-state index in [2.05, 4.69) is 0 Å². The number of nitrogen functional groups attached to an aromatic ring is 2. The van der Waals surface area contributed by atoms with E-state index in [1.54, 1.807) is 18.2 Å². The minimum Gasteiger partial charge on any atom is -0.397 e. The van der Waals surface area contributed by atoms with Crippen LogP contribution in [0.3, 0.4) is 0 Å². The number of hydrogen-bond donors (Lipinski definition) is 3. The highest BCUT2D eigenvalue weighted by Gasteiger charge is 1.93. The highest BCUT2D eigenvalue weighted by molar-refractivity contribution is 5.65. The molecular weight excluding hydrogens is 140 g/mol. The van der Waals surface area contributed by atoms with E-state index < -0.39 is 0 Å². The van der Waals surface area contributed by atoms with Gasteiger partial charge in [-0.15, -0.1) is 0 Å². The highest BCUT2D eigenvalue weighted by atomic mass is 14.7. The van der Waals surface area contributed by atoms with Crippen molar-refractivity contribution < 1.29 is 0 Å². The molecule has 0 saturated carbocycles. The molecule has 0 aliphatic carbocycles. The van der Waals surface area contributed by atoms with Gasteiger partial charge in [0.25, 0.3) is 0 Å². The molecule has 4 heteroatoms. The molecule has 0 bridgehead atoms. The van der Waals surface area contributed by atoms with E-state index in [9.17, 15) is 0 Å². The molecule has 0 amide bonds. The third kappa shape index (κ3) is 1.85. The Labute approximate surface area is 65.0 Å². The summed E-state index contributed by atoms with van der Waals surface area (Å²) < 4.78 is 0. The smallest absolute Gasteiger partial charge is 0.0992 e. The number of nitrogens with two attached hydrogens (primary N) is 2. The van der Waals surface area contributed by atoms with Crippen LogP contribution in [0.2, 0.25) is 0 Å². The van der Waals surface area contributed by atoms with Gasteiger partial charge in [0.15, 0.2) is 0 Å². The number of hydrogen-bond acceptors (Lipinski definition) is 4. The lowest BCUT2D eigenvalue weighted by Crippen LogP contribution is -1.93. The first-order chi connectivity index (χ1) is 4.74. The molecule has 0 aromatic heterocycles. The zero-order chi connectivity index (χ0) is 7.56. The topological polar surface area (TPSA) is 111 Å². The molecule has 58 valence electrons. The van der Waals surface area contributed by atoms with E-state index in [0.29, 0.717) is 16.9 Å². The Morgan fingerprint density at radius 1 is 1.18 bits per heavy atom. The average Bonchev–Trinajstić information content (AvgIpc) is 1.95. The first-order valence-corrected chi connectivity index (χ1v) is 2.79. The van der Waals surface area contributed by atoms with E-state index >= 15 is 0 Å². The lowest BCUT2D eigenvalue weighted by Gasteiger charge is -1.97. The van der Waals surface area contributed by atoms with Crippen molar-refractivity contribution in [3.05, 3.63) is 23.8 Å². The van der Waals surface area contributed by atoms with E-state index in [-0.39, 0.29) is 6.15 Å². The Hall–Kier alpha value is -1.73. The van der Waals surface area contributed by atoms with Crippen LogP contribution >= 0.6 is 0 Å². The van der Waals surface area contributed by atoms with Crippen LogP contribution in [0.25, 0.3) is 0 Å². The first kappa shape index (κ1) is 9.27. The molecule has 0 saturated heterocycles. The zero-order valence-corrected chi connectivity index (χ0v) is 6.04. The van der Waals surface area contributed by atoms with Crippen molar-refractivity contribution in [2.75, 3.05) is 11.5 Å². The van der Waals surface area contributed by atoms with Gasteiger partial charge < -0.3 is 17.6 Å². The van der Waals surface area contributed by atoms with Gasteiger partial charge in [0, 0.05) is 0 Å². The maximum atomic E-state index is 8.41. The van der Waals surface area contributed by atoms with Crippen molar-refractivity contribution in [1.82, 2.24) is 6.15 Å². The van der Waals surface area contributed by atoms with Crippen LogP contribution in [0.4, 0.5) is 11.4 Å². The molecule has 1 aromatic carbocycles. The number of nitrogens with zero attached hydrogens (tertiary/aromatic N) is 1. The lowest BCUT2D eigenvalue weighted by molar-refractivity contribution is 1.48. The molecular formula is C7H10N4. The Kier molecular flexibility index (Phi) is 2.90. The summed E-state index contributed by atoms with van der Waals surface area (Å²) in [5.74, 6) is 0. The van der Waals surface area contributed by atoms with E-state index in [1.807, 2.05) is 6.07 Å². The molecule has 7 N–H and O–H groups in total. The average molecular weight is 150 g/mol. The molecule has 0 radical (unpaired) electrons. The van der Waals surface area contributed by atoms with Crippen LogP contribution in [0.15, 0.2) is 18.2 Å². The second-order valence-corrected chi connectivity index (χ2v) is 1.96. The number of rotatable bonds is 0. The number of anilines is 2. The summed E-state index contributed by atoms with van der Waals surface area (Å²) in [5.41, 5.74) is 12.3. The second kappa shape index (κ2) is 3.44. The molecule has 0 aliphatic rings. The number of nitriles is 1. The fourth-order valence-electron chi connectivity index (χ4n) is 0.644. The van der Waals surface area contributed by atoms with Gasteiger partial charge in [-0.1, -0.05) is 0 Å². The summed E-state index contributed by atoms with van der Waals surface area (Å²) in [6, 6.07) is 6.76. The molecule has 11 heavy (non-hydrogen) atoms. The monoisotopic (exact) mass is 150 g/mol. The molecule has 0 fully saturated rings. The largest absolute Gasteiger partial charge is 0.397 e. The van der Waals surface area contributed by atoms with Crippen LogP contribution in [-0.2, 0) is 0 Å². The van der Waals surface area contributed by atoms with Crippen molar-refractivity contribution in [3.63, 3.8) is 0 Å². The molecule has 0 heterocycles. The summed E-state index contributed by atoms with van der Waals surface area (Å²) in [4.78, 5) is 0. The predicted molar refractivity (Wildman–Crippen MR) is 45.0 cm³/mol. The van der Waals surface area contributed by atoms with E-state index in [1.165, 1.54) is 0 Å². The second-order valence-electron chi connectivity index (χ2n) is 1.96. The van der Waals surface area contributed by atoms with Crippen LogP contribution in [0.1, 0.15) is 5.56 Å². The maximum absolute atomic E-state index is 8.41. The lowest BCUT2D eigenvalue weighted by atomic mass is 10.2. The third-order valence-electron chi connectivity index (χ3n) is 1.22. The SMILES string of the molecule is N.N#Cc1ccc(N)c(N)c1. The van der Waals surface area contributed by atoms with Crippen LogP contribution in [-0.4, -0.2) is 0 Å². The first-order valence-electron chi connectivity index (χ1n) is 2.79. The van der Waals surface area contributed by atoms with Crippen LogP contribution in [0, 0.1) is 11.3 Å². The van der Waals surface area contributed by atoms with Gasteiger partial charge in [-0.05, 0) is 18.2 Å². The Bertz CT molecular complexity index is 287. The summed E-state index contributed by atoms with van der Waals surface area (Å²) >= 11 is 0. The van der Waals surface area contributed by atoms with Gasteiger partial charge in [-0.2, -0.15) is 5.26 Å².